The lowest BCUT2D eigenvalue weighted by atomic mass is 10.0. The summed E-state index contributed by atoms with van der Waals surface area (Å²) >= 11 is 3.37. The smallest absolute Gasteiger partial charge is 0.225 e. The first kappa shape index (κ1) is 12.1. The molecule has 1 aromatic carbocycles. The number of hydrogen-bond acceptors (Lipinski definition) is 2. The molecule has 1 aliphatic heterocycles. The summed E-state index contributed by atoms with van der Waals surface area (Å²) in [6, 6.07) is 4.56. The van der Waals surface area contributed by atoms with Crippen LogP contribution >= 0.6 is 15.9 Å². The zero-order valence-corrected chi connectivity index (χ0v) is 11.4. The molecule has 3 rings (SSSR count). The number of carbonyl (C=O) groups is 1. The van der Waals surface area contributed by atoms with Crippen LogP contribution in [0.5, 0.6) is 0 Å². The highest BCUT2D eigenvalue weighted by atomic mass is 79.9. The fourth-order valence-corrected chi connectivity index (χ4v) is 3.27. The Bertz CT molecular complexity index is 504. The van der Waals surface area contributed by atoms with Crippen molar-refractivity contribution in [2.75, 3.05) is 0 Å². The normalized spacial score (nSPS) is 27.9. The predicted octanol–water partition coefficient (Wildman–Crippen LogP) is 2.35. The van der Waals surface area contributed by atoms with Gasteiger partial charge < -0.3 is 10.6 Å². The molecule has 0 aromatic heterocycles. The summed E-state index contributed by atoms with van der Waals surface area (Å²) in [6.07, 6.45) is 2.48. The number of nitrogens with zero attached hydrogens (tertiary/aromatic N) is 1. The minimum Gasteiger partial charge on any atom is -0.331 e. The highest BCUT2D eigenvalue weighted by Gasteiger charge is 2.46. The van der Waals surface area contributed by atoms with Gasteiger partial charge in [-0.2, -0.15) is 0 Å². The van der Waals surface area contributed by atoms with Crippen molar-refractivity contribution in [3.8, 4) is 0 Å². The number of amides is 1. The second-order valence-corrected chi connectivity index (χ2v) is 5.87. The molecule has 2 N–H and O–H groups in total. The second-order valence-electron chi connectivity index (χ2n) is 5.01. The van der Waals surface area contributed by atoms with Crippen molar-refractivity contribution in [2.24, 2.45) is 5.73 Å². The fraction of sp³-hybridized carbons (Fsp3) is 0.462. The van der Waals surface area contributed by atoms with Crippen LogP contribution in [0.3, 0.4) is 0 Å². The van der Waals surface area contributed by atoms with Crippen molar-refractivity contribution in [1.82, 2.24) is 4.90 Å². The van der Waals surface area contributed by atoms with Gasteiger partial charge in [-0.25, -0.2) is 4.39 Å². The number of carbonyl (C=O) groups excluding carboxylic acids is 1. The number of benzene rings is 1. The summed E-state index contributed by atoms with van der Waals surface area (Å²) in [5, 5.41) is 0. The zero-order chi connectivity index (χ0) is 12.9. The van der Waals surface area contributed by atoms with Crippen LogP contribution in [0.1, 0.15) is 30.9 Å². The topological polar surface area (TPSA) is 46.3 Å². The van der Waals surface area contributed by atoms with E-state index in [0.717, 1.165) is 18.4 Å². The van der Waals surface area contributed by atoms with Crippen molar-refractivity contribution in [3.63, 3.8) is 0 Å². The van der Waals surface area contributed by atoms with E-state index in [0.29, 0.717) is 16.9 Å². The molecule has 1 saturated carbocycles. The summed E-state index contributed by atoms with van der Waals surface area (Å²) < 4.78 is 13.8. The van der Waals surface area contributed by atoms with Crippen molar-refractivity contribution < 1.29 is 9.18 Å². The average Bonchev–Trinajstić information content (AvgIpc) is 3.06. The van der Waals surface area contributed by atoms with Gasteiger partial charge in [0.25, 0.3) is 0 Å². The van der Waals surface area contributed by atoms with Gasteiger partial charge in [-0.1, -0.05) is 22.0 Å². The molecular formula is C13H14BrFN2O. The van der Waals surface area contributed by atoms with Crippen molar-refractivity contribution >= 4 is 21.8 Å². The molecule has 5 heteroatoms. The number of hydrogen-bond donors (Lipinski definition) is 1. The maximum Gasteiger partial charge on any atom is 0.225 e. The van der Waals surface area contributed by atoms with Crippen LogP contribution in [0, 0.1) is 5.82 Å². The largest absolute Gasteiger partial charge is 0.331 e. The lowest BCUT2D eigenvalue weighted by Gasteiger charge is -2.28. The Kier molecular flexibility index (Phi) is 2.90. The predicted molar refractivity (Wildman–Crippen MR) is 69.3 cm³/mol. The minimum absolute atomic E-state index is 0.117. The van der Waals surface area contributed by atoms with E-state index in [2.05, 4.69) is 15.9 Å². The van der Waals surface area contributed by atoms with E-state index in [1.54, 1.807) is 6.07 Å². The highest BCUT2D eigenvalue weighted by molar-refractivity contribution is 9.10. The number of halogens is 2. The van der Waals surface area contributed by atoms with Crippen molar-refractivity contribution in [2.45, 2.75) is 37.4 Å². The zero-order valence-electron chi connectivity index (χ0n) is 9.77. The van der Waals surface area contributed by atoms with Crippen LogP contribution in [0.2, 0.25) is 0 Å². The highest BCUT2D eigenvalue weighted by Crippen LogP contribution is 2.42. The average molecular weight is 313 g/mol. The standard InChI is InChI=1S/C13H14BrFN2O/c14-10-5-7(15)1-4-9(10)13-11(16)6-12(18)17(13)8-2-3-8/h1,4-5,8,11,13H,2-3,6,16H2. The van der Waals surface area contributed by atoms with E-state index in [9.17, 15) is 9.18 Å². The Labute approximate surface area is 113 Å². The molecule has 0 spiro atoms. The van der Waals surface area contributed by atoms with Crippen LogP contribution in [0.4, 0.5) is 4.39 Å². The number of nitrogens with two attached hydrogens (primary N) is 1. The molecule has 18 heavy (non-hydrogen) atoms. The Hall–Kier alpha value is -0.940. The molecule has 2 aliphatic rings. The molecule has 1 saturated heterocycles. The molecule has 1 heterocycles. The van der Waals surface area contributed by atoms with Gasteiger partial charge in [-0.3, -0.25) is 4.79 Å². The van der Waals surface area contributed by atoms with Crippen molar-refractivity contribution in [1.29, 1.82) is 0 Å². The summed E-state index contributed by atoms with van der Waals surface area (Å²) in [6.45, 7) is 0. The quantitative estimate of drug-likeness (QED) is 0.911. The molecule has 96 valence electrons. The fourth-order valence-electron chi connectivity index (χ4n) is 2.69. The third-order valence-electron chi connectivity index (χ3n) is 3.62. The van der Waals surface area contributed by atoms with Gasteiger partial charge in [0, 0.05) is 23.0 Å². The Morgan fingerprint density at radius 1 is 1.39 bits per heavy atom. The van der Waals surface area contributed by atoms with Gasteiger partial charge in [0.15, 0.2) is 0 Å². The monoisotopic (exact) mass is 312 g/mol. The SMILES string of the molecule is NC1CC(=O)N(C2CC2)C1c1ccc(F)cc1Br. The number of rotatable bonds is 2. The van der Waals surface area contributed by atoms with Crippen LogP contribution in [0.15, 0.2) is 22.7 Å². The van der Waals surface area contributed by atoms with Crippen LogP contribution < -0.4 is 5.73 Å². The summed E-state index contributed by atoms with van der Waals surface area (Å²) in [5.41, 5.74) is 6.99. The van der Waals surface area contributed by atoms with E-state index in [4.69, 9.17) is 5.73 Å². The molecule has 0 bridgehead atoms. The molecule has 1 amide bonds. The summed E-state index contributed by atoms with van der Waals surface area (Å²) in [4.78, 5) is 13.9. The lowest BCUT2D eigenvalue weighted by molar-refractivity contribution is -0.129. The Morgan fingerprint density at radius 2 is 2.11 bits per heavy atom. The molecule has 1 aromatic rings. The van der Waals surface area contributed by atoms with E-state index in [1.165, 1.54) is 12.1 Å². The Balaban J connectivity index is 2.00. The van der Waals surface area contributed by atoms with Gasteiger partial charge in [0.05, 0.1) is 6.04 Å². The van der Waals surface area contributed by atoms with E-state index >= 15 is 0 Å². The first-order valence-corrected chi connectivity index (χ1v) is 6.89. The minimum atomic E-state index is -0.290. The molecule has 2 fully saturated rings. The maximum atomic E-state index is 13.1. The number of likely N-dealkylation sites (tertiary alicyclic amines) is 1. The van der Waals surface area contributed by atoms with Crippen LogP contribution in [-0.2, 0) is 4.79 Å². The van der Waals surface area contributed by atoms with Crippen molar-refractivity contribution in [3.05, 3.63) is 34.1 Å². The second kappa shape index (κ2) is 4.31. The lowest BCUT2D eigenvalue weighted by Crippen LogP contribution is -2.34. The molecule has 2 atom stereocenters. The van der Waals surface area contributed by atoms with E-state index < -0.39 is 0 Å². The molecular weight excluding hydrogens is 299 g/mol. The molecule has 2 unspecified atom stereocenters. The summed E-state index contributed by atoms with van der Waals surface area (Å²) in [7, 11) is 0. The first-order chi connectivity index (χ1) is 8.58. The van der Waals surface area contributed by atoms with Gasteiger partial charge >= 0.3 is 0 Å². The van der Waals surface area contributed by atoms with Gasteiger partial charge in [-0.15, -0.1) is 0 Å². The van der Waals surface area contributed by atoms with Crippen LogP contribution in [-0.4, -0.2) is 22.9 Å². The molecule has 3 nitrogen and oxygen atoms in total. The van der Waals surface area contributed by atoms with E-state index in [-0.39, 0.29) is 23.8 Å². The molecule has 0 radical (unpaired) electrons. The third-order valence-corrected chi connectivity index (χ3v) is 4.31. The first-order valence-electron chi connectivity index (χ1n) is 6.09. The summed E-state index contributed by atoms with van der Waals surface area (Å²) in [5.74, 6) is -0.173. The van der Waals surface area contributed by atoms with Gasteiger partial charge in [-0.05, 0) is 30.5 Å². The van der Waals surface area contributed by atoms with Gasteiger partial charge in [0.1, 0.15) is 5.82 Å². The third kappa shape index (κ3) is 1.95. The van der Waals surface area contributed by atoms with E-state index in [1.807, 2.05) is 4.90 Å². The van der Waals surface area contributed by atoms with Crippen LogP contribution in [0.25, 0.3) is 0 Å². The molecule has 1 aliphatic carbocycles. The maximum absolute atomic E-state index is 13.1. The Morgan fingerprint density at radius 3 is 2.72 bits per heavy atom. The van der Waals surface area contributed by atoms with Gasteiger partial charge in [0.2, 0.25) is 5.91 Å².